The van der Waals surface area contributed by atoms with Gasteiger partial charge in [0.05, 0.1) is 8.66 Å². The molecular weight excluding hydrogens is 310 g/mol. The van der Waals surface area contributed by atoms with E-state index in [9.17, 15) is 4.79 Å². The predicted octanol–water partition coefficient (Wildman–Crippen LogP) is 4.23. The van der Waals surface area contributed by atoms with Gasteiger partial charge < -0.3 is 4.57 Å². The monoisotopic (exact) mass is 319 g/mol. The Bertz CT molecular complexity index is 741. The van der Waals surface area contributed by atoms with Crippen LogP contribution < -0.4 is 0 Å². The second-order valence-corrected chi connectivity index (χ2v) is 6.57. The lowest BCUT2D eigenvalue weighted by atomic mass is 10.1. The average molecular weight is 320 g/mol. The maximum absolute atomic E-state index is 12.5. The van der Waals surface area contributed by atoms with Crippen LogP contribution >= 0.6 is 27.3 Å². The van der Waals surface area contributed by atoms with Gasteiger partial charge >= 0.3 is 0 Å². The minimum absolute atomic E-state index is 0.0856. The minimum Gasteiger partial charge on any atom is -0.350 e. The number of hydrogen-bond donors (Lipinski definition) is 0. The quantitative estimate of drug-likeness (QED) is 0.648. The van der Waals surface area contributed by atoms with Gasteiger partial charge in [0.2, 0.25) is 5.78 Å². The van der Waals surface area contributed by atoms with E-state index in [-0.39, 0.29) is 5.78 Å². The number of halogens is 1. The third-order valence-corrected chi connectivity index (χ3v) is 4.56. The Kier molecular flexibility index (Phi) is 2.84. The molecule has 0 aliphatic carbocycles. The van der Waals surface area contributed by atoms with Crippen LogP contribution in [0.25, 0.3) is 10.9 Å². The van der Waals surface area contributed by atoms with Crippen LogP contribution in [0.5, 0.6) is 0 Å². The SMILES string of the molecule is Cn1cc(C(=O)c2ccc(Br)s2)c2ccccc21. The standard InChI is InChI=1S/C14H10BrNOS/c1-16-8-10(9-4-2-3-5-11(9)16)14(17)12-6-7-13(15)18-12/h2-8H,1H3. The molecule has 0 fully saturated rings. The Morgan fingerprint density at radius 3 is 2.72 bits per heavy atom. The molecule has 3 rings (SSSR count). The first kappa shape index (κ1) is 11.7. The van der Waals surface area contributed by atoms with Crippen molar-refractivity contribution in [1.82, 2.24) is 4.57 Å². The van der Waals surface area contributed by atoms with Gasteiger partial charge in [0.15, 0.2) is 0 Å². The summed E-state index contributed by atoms with van der Waals surface area (Å²) < 4.78 is 2.97. The summed E-state index contributed by atoms with van der Waals surface area (Å²) >= 11 is 4.86. The van der Waals surface area contributed by atoms with Gasteiger partial charge in [-0.05, 0) is 34.1 Å². The lowest BCUT2D eigenvalue weighted by molar-refractivity contribution is 0.104. The fourth-order valence-electron chi connectivity index (χ4n) is 2.09. The van der Waals surface area contributed by atoms with Crippen LogP contribution in [0.15, 0.2) is 46.4 Å². The molecule has 0 saturated carbocycles. The van der Waals surface area contributed by atoms with Gasteiger partial charge in [-0.2, -0.15) is 0 Å². The summed E-state index contributed by atoms with van der Waals surface area (Å²) in [5, 5.41) is 1.01. The van der Waals surface area contributed by atoms with Crippen LogP contribution in [0.4, 0.5) is 0 Å². The van der Waals surface area contributed by atoms with E-state index in [1.807, 2.05) is 54.2 Å². The molecule has 0 spiro atoms. The van der Waals surface area contributed by atoms with Crippen molar-refractivity contribution in [2.75, 3.05) is 0 Å². The summed E-state index contributed by atoms with van der Waals surface area (Å²) in [6.07, 6.45) is 1.90. The van der Waals surface area contributed by atoms with E-state index in [1.54, 1.807) is 0 Å². The molecule has 2 heterocycles. The first-order valence-electron chi connectivity index (χ1n) is 5.51. The second-order valence-electron chi connectivity index (χ2n) is 4.10. The van der Waals surface area contributed by atoms with Crippen molar-refractivity contribution in [1.29, 1.82) is 0 Å². The lowest BCUT2D eigenvalue weighted by Gasteiger charge is -1.95. The van der Waals surface area contributed by atoms with Crippen LogP contribution in [0.2, 0.25) is 0 Å². The van der Waals surface area contributed by atoms with Crippen LogP contribution in [-0.4, -0.2) is 10.4 Å². The van der Waals surface area contributed by atoms with Crippen LogP contribution in [0.1, 0.15) is 15.2 Å². The number of aromatic nitrogens is 1. The highest BCUT2D eigenvalue weighted by molar-refractivity contribution is 9.11. The molecule has 2 nitrogen and oxygen atoms in total. The molecule has 3 aromatic rings. The number of rotatable bonds is 2. The maximum atomic E-state index is 12.5. The molecule has 90 valence electrons. The van der Waals surface area contributed by atoms with Crippen molar-refractivity contribution < 1.29 is 4.79 Å². The maximum Gasteiger partial charge on any atom is 0.205 e. The minimum atomic E-state index is 0.0856. The Morgan fingerprint density at radius 1 is 1.22 bits per heavy atom. The molecule has 0 amide bonds. The molecule has 2 aromatic heterocycles. The van der Waals surface area contributed by atoms with Gasteiger partial charge in [0.25, 0.3) is 0 Å². The van der Waals surface area contributed by atoms with Gasteiger partial charge in [-0.3, -0.25) is 4.79 Å². The van der Waals surface area contributed by atoms with E-state index in [1.165, 1.54) is 11.3 Å². The Morgan fingerprint density at radius 2 is 2.00 bits per heavy atom. The van der Waals surface area contributed by atoms with Crippen molar-refractivity contribution >= 4 is 44.0 Å². The molecular formula is C14H10BrNOS. The molecule has 4 heteroatoms. The van der Waals surface area contributed by atoms with Crippen molar-refractivity contribution in [3.8, 4) is 0 Å². The van der Waals surface area contributed by atoms with E-state index in [0.717, 1.165) is 25.1 Å². The number of ketones is 1. The van der Waals surface area contributed by atoms with Crippen LogP contribution in [0, 0.1) is 0 Å². The number of thiophene rings is 1. The third-order valence-electron chi connectivity index (χ3n) is 2.94. The predicted molar refractivity (Wildman–Crippen MR) is 78.4 cm³/mol. The number of benzene rings is 1. The summed E-state index contributed by atoms with van der Waals surface area (Å²) in [6, 6.07) is 11.7. The van der Waals surface area contributed by atoms with Gasteiger partial charge in [-0.1, -0.05) is 18.2 Å². The van der Waals surface area contributed by atoms with E-state index >= 15 is 0 Å². The summed E-state index contributed by atoms with van der Waals surface area (Å²) in [7, 11) is 1.96. The molecule has 1 aromatic carbocycles. The number of hydrogen-bond acceptors (Lipinski definition) is 2. The lowest BCUT2D eigenvalue weighted by Crippen LogP contribution is -1.97. The number of fused-ring (bicyclic) bond motifs is 1. The molecule has 0 atom stereocenters. The van der Waals surface area contributed by atoms with Gasteiger partial charge in [0.1, 0.15) is 0 Å². The average Bonchev–Trinajstić information content (AvgIpc) is 2.94. The van der Waals surface area contributed by atoms with Gasteiger partial charge in [-0.25, -0.2) is 0 Å². The largest absolute Gasteiger partial charge is 0.350 e. The zero-order valence-electron chi connectivity index (χ0n) is 9.68. The summed E-state index contributed by atoms with van der Waals surface area (Å²) in [6.45, 7) is 0. The van der Waals surface area contributed by atoms with Gasteiger partial charge in [0, 0.05) is 29.7 Å². The molecule has 0 saturated heterocycles. The highest BCUT2D eigenvalue weighted by Gasteiger charge is 2.16. The summed E-state index contributed by atoms with van der Waals surface area (Å²) in [5.41, 5.74) is 1.85. The van der Waals surface area contributed by atoms with E-state index < -0.39 is 0 Å². The number of nitrogens with zero attached hydrogens (tertiary/aromatic N) is 1. The van der Waals surface area contributed by atoms with Crippen molar-refractivity contribution in [2.45, 2.75) is 0 Å². The highest BCUT2D eigenvalue weighted by atomic mass is 79.9. The fraction of sp³-hybridized carbons (Fsp3) is 0.0714. The zero-order chi connectivity index (χ0) is 12.7. The zero-order valence-corrected chi connectivity index (χ0v) is 12.1. The molecule has 0 radical (unpaired) electrons. The Labute approximate surface area is 117 Å². The Hall–Kier alpha value is -1.39. The number of carbonyl (C=O) groups is 1. The first-order valence-corrected chi connectivity index (χ1v) is 7.12. The molecule has 0 aliphatic heterocycles. The fourth-order valence-corrected chi connectivity index (χ4v) is 3.43. The Balaban J connectivity index is 2.18. The summed E-state index contributed by atoms with van der Waals surface area (Å²) in [5.74, 6) is 0.0856. The summed E-state index contributed by atoms with van der Waals surface area (Å²) in [4.78, 5) is 13.2. The van der Waals surface area contributed by atoms with E-state index in [4.69, 9.17) is 0 Å². The van der Waals surface area contributed by atoms with Crippen molar-refractivity contribution in [3.63, 3.8) is 0 Å². The van der Waals surface area contributed by atoms with Crippen molar-refractivity contribution in [2.24, 2.45) is 7.05 Å². The van der Waals surface area contributed by atoms with Crippen LogP contribution in [-0.2, 0) is 7.05 Å². The first-order chi connectivity index (χ1) is 8.66. The van der Waals surface area contributed by atoms with Crippen molar-refractivity contribution in [3.05, 3.63) is 56.8 Å². The highest BCUT2D eigenvalue weighted by Crippen LogP contribution is 2.28. The van der Waals surface area contributed by atoms with Crippen LogP contribution in [0.3, 0.4) is 0 Å². The molecule has 0 bridgehead atoms. The van der Waals surface area contributed by atoms with Gasteiger partial charge in [-0.15, -0.1) is 11.3 Å². The third kappa shape index (κ3) is 1.82. The normalized spacial score (nSPS) is 11.0. The number of para-hydroxylation sites is 1. The number of carbonyl (C=O) groups excluding carboxylic acids is 1. The number of aryl methyl sites for hydroxylation is 1. The molecule has 0 N–H and O–H groups in total. The molecule has 18 heavy (non-hydrogen) atoms. The molecule has 0 aliphatic rings. The second kappa shape index (κ2) is 4.37. The smallest absolute Gasteiger partial charge is 0.205 e. The van der Waals surface area contributed by atoms with E-state index in [2.05, 4.69) is 15.9 Å². The topological polar surface area (TPSA) is 22.0 Å². The van der Waals surface area contributed by atoms with E-state index in [0.29, 0.717) is 0 Å². The molecule has 0 unspecified atom stereocenters.